The van der Waals surface area contributed by atoms with Crippen molar-refractivity contribution in [1.29, 1.82) is 0 Å². The Kier molecular flexibility index (Phi) is 3.28. The third-order valence-corrected chi connectivity index (χ3v) is 4.52. The fourth-order valence-corrected chi connectivity index (χ4v) is 3.16. The van der Waals surface area contributed by atoms with Gasteiger partial charge in [-0.15, -0.1) is 0 Å². The molecule has 2 nitrogen and oxygen atoms in total. The van der Waals surface area contributed by atoms with E-state index in [4.69, 9.17) is 5.73 Å². The third-order valence-electron chi connectivity index (χ3n) is 3.18. The average molecular weight is 240 g/mol. The van der Waals surface area contributed by atoms with Crippen LogP contribution in [-0.4, -0.2) is 23.6 Å². The minimum Gasteiger partial charge on any atom is -0.397 e. The summed E-state index contributed by atoms with van der Waals surface area (Å²) in [5, 5.41) is 0.582. The molecular weight excluding hydrogens is 223 g/mol. The molecule has 1 aromatic rings. The first-order valence-electron chi connectivity index (χ1n) is 5.53. The lowest BCUT2D eigenvalue weighted by Crippen LogP contribution is -2.45. The van der Waals surface area contributed by atoms with Gasteiger partial charge >= 0.3 is 0 Å². The lowest BCUT2D eigenvalue weighted by molar-refractivity contribution is 0.618. The van der Waals surface area contributed by atoms with Gasteiger partial charge in [-0.25, -0.2) is 4.39 Å². The maximum absolute atomic E-state index is 13.0. The molecule has 1 heterocycles. The lowest BCUT2D eigenvalue weighted by Gasteiger charge is -2.39. The van der Waals surface area contributed by atoms with Crippen LogP contribution in [-0.2, 0) is 0 Å². The fourth-order valence-electron chi connectivity index (χ4n) is 2.06. The van der Waals surface area contributed by atoms with Crippen LogP contribution in [0.5, 0.6) is 0 Å². The van der Waals surface area contributed by atoms with Crippen molar-refractivity contribution in [1.82, 2.24) is 0 Å². The topological polar surface area (TPSA) is 29.3 Å². The zero-order chi connectivity index (χ0) is 11.7. The van der Waals surface area contributed by atoms with Gasteiger partial charge in [0.25, 0.3) is 0 Å². The summed E-state index contributed by atoms with van der Waals surface area (Å²) in [6.45, 7) is 5.40. The largest absolute Gasteiger partial charge is 0.397 e. The van der Waals surface area contributed by atoms with Crippen LogP contribution in [0.25, 0.3) is 0 Å². The number of hydrogen-bond acceptors (Lipinski definition) is 3. The first-order chi connectivity index (χ1) is 7.59. The Morgan fingerprint density at radius 1 is 1.44 bits per heavy atom. The van der Waals surface area contributed by atoms with E-state index in [1.165, 1.54) is 12.1 Å². The minimum absolute atomic E-state index is 0.270. The molecule has 88 valence electrons. The SMILES string of the molecule is CC1SCCN(c2ccc(F)cc2N)C1C. The van der Waals surface area contributed by atoms with Crippen LogP contribution in [0.1, 0.15) is 13.8 Å². The zero-order valence-corrected chi connectivity index (χ0v) is 10.4. The summed E-state index contributed by atoms with van der Waals surface area (Å²) >= 11 is 1.98. The first-order valence-corrected chi connectivity index (χ1v) is 6.57. The molecule has 0 spiro atoms. The molecule has 0 aliphatic carbocycles. The Morgan fingerprint density at radius 3 is 2.88 bits per heavy atom. The van der Waals surface area contributed by atoms with Crippen LogP contribution in [0, 0.1) is 5.82 Å². The van der Waals surface area contributed by atoms with Crippen LogP contribution in [0.2, 0.25) is 0 Å². The van der Waals surface area contributed by atoms with Gasteiger partial charge in [0.05, 0.1) is 11.4 Å². The summed E-state index contributed by atoms with van der Waals surface area (Å²) in [7, 11) is 0. The Hall–Kier alpha value is -0.900. The monoisotopic (exact) mass is 240 g/mol. The van der Waals surface area contributed by atoms with Crippen molar-refractivity contribution in [3.8, 4) is 0 Å². The molecule has 1 aromatic carbocycles. The number of nitrogens with zero attached hydrogens (tertiary/aromatic N) is 1. The van der Waals surface area contributed by atoms with Gasteiger partial charge in [0.15, 0.2) is 0 Å². The molecule has 1 fully saturated rings. The number of hydrogen-bond donors (Lipinski definition) is 1. The first kappa shape index (κ1) is 11.6. The van der Waals surface area contributed by atoms with Gasteiger partial charge in [-0.1, -0.05) is 6.92 Å². The van der Waals surface area contributed by atoms with Gasteiger partial charge in [0.1, 0.15) is 5.82 Å². The van der Waals surface area contributed by atoms with Gasteiger partial charge in [-0.3, -0.25) is 0 Å². The zero-order valence-electron chi connectivity index (χ0n) is 9.61. The van der Waals surface area contributed by atoms with Crippen molar-refractivity contribution < 1.29 is 4.39 Å². The molecule has 1 saturated heterocycles. The maximum Gasteiger partial charge on any atom is 0.125 e. The Morgan fingerprint density at radius 2 is 2.19 bits per heavy atom. The van der Waals surface area contributed by atoms with Crippen LogP contribution in [0.3, 0.4) is 0 Å². The summed E-state index contributed by atoms with van der Waals surface area (Å²) in [4.78, 5) is 2.27. The summed E-state index contributed by atoms with van der Waals surface area (Å²) in [6, 6.07) is 5.09. The van der Waals surface area contributed by atoms with Crippen LogP contribution < -0.4 is 10.6 Å². The molecule has 16 heavy (non-hydrogen) atoms. The van der Waals surface area contributed by atoms with E-state index in [2.05, 4.69) is 18.7 Å². The van der Waals surface area contributed by atoms with Gasteiger partial charge in [0.2, 0.25) is 0 Å². The Bertz CT molecular complexity index is 383. The van der Waals surface area contributed by atoms with E-state index in [0.717, 1.165) is 18.0 Å². The molecule has 0 bridgehead atoms. The molecule has 0 aromatic heterocycles. The van der Waals surface area contributed by atoms with E-state index in [-0.39, 0.29) is 5.82 Å². The van der Waals surface area contributed by atoms with Crippen LogP contribution in [0.4, 0.5) is 15.8 Å². The van der Waals surface area contributed by atoms with Crippen molar-refractivity contribution in [2.75, 3.05) is 22.9 Å². The highest BCUT2D eigenvalue weighted by atomic mass is 32.2. The molecule has 0 amide bonds. The highest BCUT2D eigenvalue weighted by molar-refractivity contribution is 8.00. The van der Waals surface area contributed by atoms with Crippen molar-refractivity contribution in [2.45, 2.75) is 25.1 Å². The number of halogens is 1. The predicted octanol–water partition coefficient (Wildman–Crippen LogP) is 2.74. The van der Waals surface area contributed by atoms with E-state index < -0.39 is 0 Å². The summed E-state index contributed by atoms with van der Waals surface area (Å²) in [5.74, 6) is 0.829. The minimum atomic E-state index is -0.270. The Balaban J connectivity index is 2.29. The van der Waals surface area contributed by atoms with Crippen molar-refractivity contribution in [2.24, 2.45) is 0 Å². The summed E-state index contributed by atoms with van der Waals surface area (Å²) in [5.41, 5.74) is 7.36. The van der Waals surface area contributed by atoms with Crippen LogP contribution >= 0.6 is 11.8 Å². The highest BCUT2D eigenvalue weighted by Gasteiger charge is 2.26. The third kappa shape index (κ3) is 2.12. The van der Waals surface area contributed by atoms with E-state index in [1.807, 2.05) is 11.8 Å². The van der Waals surface area contributed by atoms with Gasteiger partial charge in [0, 0.05) is 23.6 Å². The molecule has 1 aliphatic rings. The van der Waals surface area contributed by atoms with E-state index in [0.29, 0.717) is 17.0 Å². The van der Waals surface area contributed by atoms with Crippen molar-refractivity contribution in [3.05, 3.63) is 24.0 Å². The van der Waals surface area contributed by atoms with Crippen molar-refractivity contribution >= 4 is 23.1 Å². The summed E-state index contributed by atoms with van der Waals surface area (Å²) < 4.78 is 13.0. The molecule has 2 atom stereocenters. The number of anilines is 2. The quantitative estimate of drug-likeness (QED) is 0.765. The molecule has 4 heteroatoms. The van der Waals surface area contributed by atoms with Gasteiger partial charge in [-0.2, -0.15) is 11.8 Å². The predicted molar refractivity (Wildman–Crippen MR) is 69.5 cm³/mol. The molecule has 0 saturated carbocycles. The number of benzene rings is 1. The molecule has 1 aliphatic heterocycles. The average Bonchev–Trinajstić information content (AvgIpc) is 2.23. The number of rotatable bonds is 1. The van der Waals surface area contributed by atoms with Crippen LogP contribution in [0.15, 0.2) is 18.2 Å². The molecular formula is C12H17FN2S. The van der Waals surface area contributed by atoms with E-state index in [1.54, 1.807) is 6.07 Å². The van der Waals surface area contributed by atoms with E-state index in [9.17, 15) is 4.39 Å². The molecule has 2 unspecified atom stereocenters. The second-order valence-electron chi connectivity index (χ2n) is 4.21. The summed E-state index contributed by atoms with van der Waals surface area (Å²) in [6.07, 6.45) is 0. The van der Waals surface area contributed by atoms with E-state index >= 15 is 0 Å². The number of nitrogen functional groups attached to an aromatic ring is 1. The van der Waals surface area contributed by atoms with Gasteiger partial charge in [-0.05, 0) is 25.1 Å². The molecule has 2 N–H and O–H groups in total. The number of nitrogens with two attached hydrogens (primary N) is 1. The smallest absolute Gasteiger partial charge is 0.125 e. The number of thioether (sulfide) groups is 1. The molecule has 2 rings (SSSR count). The maximum atomic E-state index is 13.0. The Labute approximate surface area is 100 Å². The normalized spacial score (nSPS) is 25.8. The second-order valence-corrected chi connectivity index (χ2v) is 5.70. The highest BCUT2D eigenvalue weighted by Crippen LogP contribution is 2.32. The standard InChI is InChI=1S/C12H17FN2S/c1-8-9(2)16-6-5-15(8)12-4-3-10(13)7-11(12)14/h3-4,7-9H,5-6,14H2,1-2H3. The molecule has 0 radical (unpaired) electrons. The second kappa shape index (κ2) is 4.53. The van der Waals surface area contributed by atoms with Gasteiger partial charge < -0.3 is 10.6 Å². The van der Waals surface area contributed by atoms with Crippen molar-refractivity contribution in [3.63, 3.8) is 0 Å². The fraction of sp³-hybridized carbons (Fsp3) is 0.500. The lowest BCUT2D eigenvalue weighted by atomic mass is 10.1.